The molecule has 17 heavy (non-hydrogen) atoms. The van der Waals surface area contributed by atoms with Gasteiger partial charge in [0.2, 0.25) is 4.71 Å². The maximum absolute atomic E-state index is 12.0. The number of nitrogens with zero attached hydrogens (tertiary/aromatic N) is 2. The van der Waals surface area contributed by atoms with Gasteiger partial charge < -0.3 is 10.6 Å². The summed E-state index contributed by atoms with van der Waals surface area (Å²) in [6, 6.07) is 0. The van der Waals surface area contributed by atoms with Crippen LogP contribution in [0, 0.1) is 0 Å². The zero-order chi connectivity index (χ0) is 14.3. The van der Waals surface area contributed by atoms with Crippen LogP contribution in [0.25, 0.3) is 5.53 Å². The van der Waals surface area contributed by atoms with Crippen LogP contribution < -0.4 is 0 Å². The first-order chi connectivity index (χ1) is 7.19. The van der Waals surface area contributed by atoms with Crippen LogP contribution in [-0.4, -0.2) is 31.0 Å². The maximum Gasteiger partial charge on any atom is 0.233 e. The minimum Gasteiger partial charge on any atom is -0.710 e. The Morgan fingerprint density at radius 2 is 1.06 bits per heavy atom. The first kappa shape index (κ1) is 16.5. The van der Waals surface area contributed by atoms with Crippen LogP contribution in [0.4, 0.5) is 0 Å². The normalized spacial score (nSPS) is 15.0. The molecular weight excluding hydrogens is 264 g/mol. The second kappa shape index (κ2) is 4.31. The molecule has 6 nitrogen and oxygen atoms in total. The van der Waals surface area contributed by atoms with Gasteiger partial charge in [0, 0.05) is 0 Å². The molecule has 0 saturated heterocycles. The van der Waals surface area contributed by atoms with E-state index in [9.17, 15) is 16.8 Å². The van der Waals surface area contributed by atoms with E-state index in [-0.39, 0.29) is 0 Å². The molecule has 102 valence electrons. The molecule has 0 radical (unpaired) electrons. The van der Waals surface area contributed by atoms with E-state index in [1.54, 1.807) is 0 Å². The fraction of sp³-hybridized carbons (Fsp3) is 1.00. The van der Waals surface area contributed by atoms with Gasteiger partial charge in [-0.3, -0.25) is 0 Å². The van der Waals surface area contributed by atoms with Crippen molar-refractivity contribution in [2.75, 3.05) is 0 Å². The van der Waals surface area contributed by atoms with Crippen LogP contribution in [0.1, 0.15) is 41.5 Å². The van der Waals surface area contributed by atoms with Gasteiger partial charge in [-0.1, -0.05) is 0 Å². The van der Waals surface area contributed by atoms with Crippen molar-refractivity contribution in [1.29, 1.82) is 0 Å². The summed E-state index contributed by atoms with van der Waals surface area (Å²) in [6.07, 6.45) is 0. The van der Waals surface area contributed by atoms with E-state index in [1.165, 1.54) is 41.5 Å². The number of hydrogen-bond acceptors (Lipinski definition) is 5. The second-order valence-corrected chi connectivity index (χ2v) is 11.6. The molecule has 0 aliphatic heterocycles. The van der Waals surface area contributed by atoms with Crippen molar-refractivity contribution in [2.24, 2.45) is 5.11 Å². The molecule has 0 heterocycles. The molecule has 0 aromatic rings. The predicted octanol–water partition coefficient (Wildman–Crippen LogP) is 1.72. The van der Waals surface area contributed by atoms with Gasteiger partial charge >= 0.3 is 0 Å². The van der Waals surface area contributed by atoms with E-state index in [0.717, 1.165) is 0 Å². The van der Waals surface area contributed by atoms with Gasteiger partial charge in [-0.2, -0.15) is 0 Å². The van der Waals surface area contributed by atoms with Gasteiger partial charge in [0.25, 0.3) is 0 Å². The zero-order valence-corrected chi connectivity index (χ0v) is 12.6. The summed E-state index contributed by atoms with van der Waals surface area (Å²) in [5.41, 5.74) is 8.79. The van der Waals surface area contributed by atoms with Crippen molar-refractivity contribution in [1.82, 2.24) is 0 Å². The van der Waals surface area contributed by atoms with Crippen LogP contribution in [-0.2, 0) is 19.7 Å². The number of rotatable bonds is 3. The minimum atomic E-state index is -4.13. The molecule has 0 bridgehead atoms. The Morgan fingerprint density at radius 1 is 0.824 bits per heavy atom. The summed E-state index contributed by atoms with van der Waals surface area (Å²) in [5.74, 6) is 0. The monoisotopic (exact) mass is 283 g/mol. The second-order valence-electron chi connectivity index (χ2n) is 5.74. The topological polar surface area (TPSA) is 103 Å². The highest BCUT2D eigenvalue weighted by Crippen LogP contribution is 2.31. The highest BCUT2D eigenvalue weighted by molar-refractivity contribution is 8.10. The van der Waals surface area contributed by atoms with Crippen molar-refractivity contribution in [3.63, 3.8) is 0 Å². The van der Waals surface area contributed by atoms with Crippen LogP contribution in [0.2, 0.25) is 0 Å². The highest BCUT2D eigenvalue weighted by Gasteiger charge is 2.47. The molecule has 0 spiro atoms. The summed E-state index contributed by atoms with van der Waals surface area (Å²) >= 11 is 0. The zero-order valence-electron chi connectivity index (χ0n) is 10.9. The van der Waals surface area contributed by atoms with E-state index in [2.05, 4.69) is 5.11 Å². The van der Waals surface area contributed by atoms with Crippen LogP contribution >= 0.6 is 0 Å². The molecule has 0 unspecified atom stereocenters. The van der Waals surface area contributed by atoms with Crippen molar-refractivity contribution in [3.05, 3.63) is 5.53 Å². The summed E-state index contributed by atoms with van der Waals surface area (Å²) in [6.45, 7) is 8.16. The Balaban J connectivity index is 5.99. The Kier molecular flexibility index (Phi) is 4.18. The van der Waals surface area contributed by atoms with Gasteiger partial charge in [0.1, 0.15) is 0 Å². The summed E-state index contributed by atoms with van der Waals surface area (Å²) in [5, 5.41) is 2.59. The third-order valence-electron chi connectivity index (χ3n) is 2.33. The lowest BCUT2D eigenvalue weighted by Gasteiger charge is -2.30. The lowest BCUT2D eigenvalue weighted by Crippen LogP contribution is -2.46. The van der Waals surface area contributed by atoms with E-state index < -0.39 is 33.9 Å². The van der Waals surface area contributed by atoms with E-state index >= 15 is 0 Å². The molecule has 0 rings (SSSR count). The minimum absolute atomic E-state index is 1.32. The third-order valence-corrected chi connectivity index (χ3v) is 8.52. The van der Waals surface area contributed by atoms with Gasteiger partial charge in [0.15, 0.2) is 19.7 Å². The molecule has 8 heteroatoms. The van der Waals surface area contributed by atoms with Crippen molar-refractivity contribution in [3.8, 4) is 0 Å². The molecule has 0 amide bonds. The van der Waals surface area contributed by atoms with Crippen LogP contribution in [0.3, 0.4) is 0 Å². The van der Waals surface area contributed by atoms with Gasteiger partial charge in [-0.05, 0) is 41.5 Å². The van der Waals surface area contributed by atoms with Crippen molar-refractivity contribution >= 4 is 19.7 Å². The van der Waals surface area contributed by atoms with Crippen molar-refractivity contribution < 1.29 is 16.8 Å². The summed E-state index contributed by atoms with van der Waals surface area (Å²) < 4.78 is 43.4. The average molecular weight is 283 g/mol. The number of sulfone groups is 2. The lowest BCUT2D eigenvalue weighted by atomic mass is 10.3. The fourth-order valence-corrected chi connectivity index (χ4v) is 5.42. The van der Waals surface area contributed by atoms with Gasteiger partial charge in [-0.15, -0.1) is 0 Å². The highest BCUT2D eigenvalue weighted by atomic mass is 32.3. The maximum atomic E-state index is 12.0. The first-order valence-corrected chi connectivity index (χ1v) is 8.10. The molecule has 0 saturated carbocycles. The Hall–Kier alpha value is -0.500. The molecule has 0 aliphatic carbocycles. The molecule has 0 atom stereocenters. The third kappa shape index (κ3) is 2.85. The largest absolute Gasteiger partial charge is 0.710 e. The summed E-state index contributed by atoms with van der Waals surface area (Å²) in [7, 11) is -8.27. The van der Waals surface area contributed by atoms with E-state index in [4.69, 9.17) is 5.53 Å². The summed E-state index contributed by atoms with van der Waals surface area (Å²) in [4.78, 5) is 0. The quantitative estimate of drug-likeness (QED) is 0.735. The Bertz CT molecular complexity index is 448. The molecule has 0 aromatic carbocycles. The van der Waals surface area contributed by atoms with Crippen LogP contribution in [0.5, 0.6) is 0 Å². The predicted molar refractivity (Wildman–Crippen MR) is 66.9 cm³/mol. The lowest BCUT2D eigenvalue weighted by molar-refractivity contribution is 0.536. The standard InChI is InChI=1S/C9H19N2O4S2/c1-8(2,3)16(12,13)7(11-10)17(14,15)9(4,5)6/h7H,1-6H3/q-1. The van der Waals surface area contributed by atoms with Gasteiger partial charge in [0.05, 0.1) is 9.49 Å². The van der Waals surface area contributed by atoms with E-state index in [0.29, 0.717) is 0 Å². The Morgan fingerprint density at radius 3 is 1.18 bits per heavy atom. The molecule has 0 aliphatic rings. The smallest absolute Gasteiger partial charge is 0.233 e. The van der Waals surface area contributed by atoms with Crippen LogP contribution in [0.15, 0.2) is 5.11 Å². The van der Waals surface area contributed by atoms with Crippen molar-refractivity contribution in [2.45, 2.75) is 55.7 Å². The molecule has 0 fully saturated rings. The van der Waals surface area contributed by atoms with E-state index in [1.807, 2.05) is 0 Å². The average Bonchev–Trinajstić information content (AvgIpc) is 1.99. The molecule has 0 N–H and O–H groups in total. The molecule has 0 aromatic heterocycles. The fourth-order valence-electron chi connectivity index (χ4n) is 0.896. The molecular formula is C9H19N2O4S2-. The SMILES string of the molecule is CC(C)(C)S(=O)(=O)C(N=[N-])S(=O)(=O)C(C)(C)C. The Labute approximate surface area is 103 Å². The number of hydrogen-bond donors (Lipinski definition) is 0. The van der Waals surface area contributed by atoms with Gasteiger partial charge in [-0.25, -0.2) is 16.8 Å². The first-order valence-electron chi connectivity index (χ1n) is 5.00.